The molecule has 6 nitrogen and oxygen atoms in total. The smallest absolute Gasteiger partial charge is 0.409 e. The van der Waals surface area contributed by atoms with E-state index in [9.17, 15) is 14.0 Å². The number of benzene rings is 2. The molecule has 1 N–H and O–H groups in total. The molecule has 1 heterocycles. The summed E-state index contributed by atoms with van der Waals surface area (Å²) >= 11 is 0. The van der Waals surface area contributed by atoms with Crippen LogP contribution < -0.4 is 10.2 Å². The van der Waals surface area contributed by atoms with E-state index < -0.39 is 0 Å². The zero-order valence-corrected chi connectivity index (χ0v) is 15.2. The standard InChI is InChI=1S/C20H22FN3O3/c1-2-27-20(26)24-13-11-23(12-14-24)18-9-7-17(8-10-18)22-19(25)15-3-5-16(21)6-4-15/h3-10H,2,11-14H2,1H3,(H,22,25). The van der Waals surface area contributed by atoms with Crippen LogP contribution in [0.2, 0.25) is 0 Å². The number of piperazine rings is 1. The van der Waals surface area contributed by atoms with Crippen molar-refractivity contribution in [3.63, 3.8) is 0 Å². The summed E-state index contributed by atoms with van der Waals surface area (Å²) in [4.78, 5) is 27.8. The van der Waals surface area contributed by atoms with Gasteiger partial charge in [-0.2, -0.15) is 0 Å². The number of carbonyl (C=O) groups is 2. The Kier molecular flexibility index (Phi) is 5.90. The number of nitrogens with one attached hydrogen (secondary N) is 1. The Morgan fingerprint density at radius 2 is 1.63 bits per heavy atom. The van der Waals surface area contributed by atoms with Crippen LogP contribution in [0.3, 0.4) is 0 Å². The van der Waals surface area contributed by atoms with Gasteiger partial charge in [0.25, 0.3) is 5.91 Å². The zero-order valence-electron chi connectivity index (χ0n) is 15.2. The van der Waals surface area contributed by atoms with E-state index in [-0.39, 0.29) is 17.8 Å². The molecule has 1 saturated heterocycles. The molecule has 2 amide bonds. The molecule has 1 aliphatic heterocycles. The minimum absolute atomic E-state index is 0.268. The third-order valence-corrected chi connectivity index (χ3v) is 4.40. The fourth-order valence-corrected chi connectivity index (χ4v) is 2.92. The SMILES string of the molecule is CCOC(=O)N1CCN(c2ccc(NC(=O)c3ccc(F)cc3)cc2)CC1. The summed E-state index contributed by atoms with van der Waals surface area (Å²) in [5.41, 5.74) is 2.09. The number of rotatable bonds is 4. The highest BCUT2D eigenvalue weighted by Crippen LogP contribution is 2.20. The van der Waals surface area contributed by atoms with Crippen LogP contribution in [0.25, 0.3) is 0 Å². The second-order valence-electron chi connectivity index (χ2n) is 6.18. The zero-order chi connectivity index (χ0) is 19.2. The predicted octanol–water partition coefficient (Wildman–Crippen LogP) is 3.36. The lowest BCUT2D eigenvalue weighted by atomic mass is 10.2. The quantitative estimate of drug-likeness (QED) is 0.895. The van der Waals surface area contributed by atoms with Crippen molar-refractivity contribution in [2.45, 2.75) is 6.92 Å². The van der Waals surface area contributed by atoms with E-state index in [1.165, 1.54) is 24.3 Å². The van der Waals surface area contributed by atoms with Gasteiger partial charge in [-0.05, 0) is 55.5 Å². The first-order valence-corrected chi connectivity index (χ1v) is 8.90. The lowest BCUT2D eigenvalue weighted by Crippen LogP contribution is -2.49. The van der Waals surface area contributed by atoms with Crippen LogP contribution in [0, 0.1) is 5.82 Å². The lowest BCUT2D eigenvalue weighted by molar-refractivity contribution is 0.102. The van der Waals surface area contributed by atoms with Crippen LogP contribution in [0.5, 0.6) is 0 Å². The second-order valence-corrected chi connectivity index (χ2v) is 6.18. The van der Waals surface area contributed by atoms with Crippen molar-refractivity contribution in [1.82, 2.24) is 4.90 Å². The van der Waals surface area contributed by atoms with Crippen molar-refractivity contribution in [2.24, 2.45) is 0 Å². The van der Waals surface area contributed by atoms with E-state index in [0.717, 1.165) is 18.8 Å². The van der Waals surface area contributed by atoms with Crippen molar-refractivity contribution in [2.75, 3.05) is 43.0 Å². The molecule has 0 atom stereocenters. The minimum atomic E-state index is -0.376. The first kappa shape index (κ1) is 18.7. The Morgan fingerprint density at radius 3 is 2.22 bits per heavy atom. The highest BCUT2D eigenvalue weighted by Gasteiger charge is 2.22. The monoisotopic (exact) mass is 371 g/mol. The summed E-state index contributed by atoms with van der Waals surface area (Å²) in [6.45, 7) is 4.85. The Balaban J connectivity index is 1.55. The predicted molar refractivity (Wildman–Crippen MR) is 102 cm³/mol. The van der Waals surface area contributed by atoms with Gasteiger partial charge in [0.05, 0.1) is 6.61 Å². The minimum Gasteiger partial charge on any atom is -0.450 e. The van der Waals surface area contributed by atoms with E-state index in [1.807, 2.05) is 24.3 Å². The van der Waals surface area contributed by atoms with E-state index in [1.54, 1.807) is 11.8 Å². The van der Waals surface area contributed by atoms with Crippen molar-refractivity contribution in [3.8, 4) is 0 Å². The van der Waals surface area contributed by atoms with Crippen molar-refractivity contribution < 1.29 is 18.7 Å². The van der Waals surface area contributed by atoms with Gasteiger partial charge in [0, 0.05) is 43.1 Å². The molecule has 27 heavy (non-hydrogen) atoms. The number of amides is 2. The van der Waals surface area contributed by atoms with Gasteiger partial charge in [0.1, 0.15) is 5.82 Å². The fraction of sp³-hybridized carbons (Fsp3) is 0.300. The van der Waals surface area contributed by atoms with Crippen molar-refractivity contribution in [3.05, 3.63) is 59.9 Å². The van der Waals surface area contributed by atoms with E-state index >= 15 is 0 Å². The molecular weight excluding hydrogens is 349 g/mol. The van der Waals surface area contributed by atoms with Gasteiger partial charge in [-0.3, -0.25) is 4.79 Å². The second kappa shape index (κ2) is 8.53. The Labute approximate surface area is 157 Å². The van der Waals surface area contributed by atoms with Gasteiger partial charge in [-0.15, -0.1) is 0 Å². The normalized spacial score (nSPS) is 14.0. The summed E-state index contributed by atoms with van der Waals surface area (Å²) in [7, 11) is 0. The summed E-state index contributed by atoms with van der Waals surface area (Å²) < 4.78 is 18.0. The maximum absolute atomic E-state index is 12.9. The molecule has 1 fully saturated rings. The molecule has 1 aliphatic rings. The number of ether oxygens (including phenoxy) is 1. The maximum atomic E-state index is 12.9. The number of nitrogens with zero attached hydrogens (tertiary/aromatic N) is 2. The number of anilines is 2. The maximum Gasteiger partial charge on any atom is 0.409 e. The first-order valence-electron chi connectivity index (χ1n) is 8.90. The van der Waals surface area contributed by atoms with E-state index in [4.69, 9.17) is 4.74 Å². The van der Waals surface area contributed by atoms with Gasteiger partial charge in [-0.1, -0.05) is 0 Å². The Bertz CT molecular complexity index is 785. The van der Waals surface area contributed by atoms with Crippen molar-refractivity contribution in [1.29, 1.82) is 0 Å². The number of hydrogen-bond donors (Lipinski definition) is 1. The molecule has 7 heteroatoms. The van der Waals surface area contributed by atoms with Crippen LogP contribution in [0.15, 0.2) is 48.5 Å². The van der Waals surface area contributed by atoms with Crippen LogP contribution in [0.1, 0.15) is 17.3 Å². The first-order chi connectivity index (χ1) is 13.1. The summed E-state index contributed by atoms with van der Waals surface area (Å²) in [6, 6.07) is 12.9. The average Bonchev–Trinajstić information content (AvgIpc) is 2.69. The van der Waals surface area contributed by atoms with Crippen LogP contribution in [-0.4, -0.2) is 49.7 Å². The lowest BCUT2D eigenvalue weighted by Gasteiger charge is -2.35. The molecule has 0 unspecified atom stereocenters. The Hall–Kier alpha value is -3.09. The molecule has 142 valence electrons. The third-order valence-electron chi connectivity index (χ3n) is 4.40. The van der Waals surface area contributed by atoms with E-state index in [2.05, 4.69) is 10.2 Å². The summed E-state index contributed by atoms with van der Waals surface area (Å²) in [6.07, 6.45) is -0.268. The van der Waals surface area contributed by atoms with E-state index in [0.29, 0.717) is 30.9 Å². The third kappa shape index (κ3) is 4.75. The Morgan fingerprint density at radius 1 is 1.00 bits per heavy atom. The molecule has 0 bridgehead atoms. The number of halogens is 1. The molecular formula is C20H22FN3O3. The topological polar surface area (TPSA) is 61.9 Å². The average molecular weight is 371 g/mol. The highest BCUT2D eigenvalue weighted by molar-refractivity contribution is 6.04. The van der Waals surface area contributed by atoms with Gasteiger partial charge in [-0.25, -0.2) is 9.18 Å². The summed E-state index contributed by atoms with van der Waals surface area (Å²) in [5, 5.41) is 2.79. The molecule has 0 saturated carbocycles. The number of carbonyl (C=O) groups excluding carboxylic acids is 2. The largest absolute Gasteiger partial charge is 0.450 e. The fourth-order valence-electron chi connectivity index (χ4n) is 2.92. The molecule has 2 aromatic rings. The molecule has 0 radical (unpaired) electrons. The van der Waals surface area contributed by atoms with Crippen molar-refractivity contribution >= 4 is 23.4 Å². The van der Waals surface area contributed by atoms with Crippen LogP contribution >= 0.6 is 0 Å². The molecule has 0 aliphatic carbocycles. The summed E-state index contributed by atoms with van der Waals surface area (Å²) in [5.74, 6) is -0.662. The van der Waals surface area contributed by atoms with Gasteiger partial charge >= 0.3 is 6.09 Å². The van der Waals surface area contributed by atoms with Gasteiger partial charge in [0.15, 0.2) is 0 Å². The van der Waals surface area contributed by atoms with Crippen LogP contribution in [0.4, 0.5) is 20.6 Å². The van der Waals surface area contributed by atoms with Gasteiger partial charge in [0.2, 0.25) is 0 Å². The van der Waals surface area contributed by atoms with Crippen LogP contribution in [-0.2, 0) is 4.74 Å². The van der Waals surface area contributed by atoms with Gasteiger partial charge < -0.3 is 19.9 Å². The highest BCUT2D eigenvalue weighted by atomic mass is 19.1. The molecule has 2 aromatic carbocycles. The molecule has 0 aromatic heterocycles. The molecule has 3 rings (SSSR count). The molecule has 0 spiro atoms. The number of hydrogen-bond acceptors (Lipinski definition) is 4.